The minimum absolute atomic E-state index is 0.613. The zero-order valence-corrected chi connectivity index (χ0v) is 11.9. The summed E-state index contributed by atoms with van der Waals surface area (Å²) < 4.78 is 5.31. The summed E-state index contributed by atoms with van der Waals surface area (Å²) in [5.41, 5.74) is 1.69. The molecule has 0 heterocycles. The second-order valence-corrected chi connectivity index (χ2v) is 4.43. The highest BCUT2D eigenvalue weighted by Gasteiger charge is 2.07. The molecule has 0 fully saturated rings. The first-order chi connectivity index (χ1) is 9.04. The van der Waals surface area contributed by atoms with Crippen LogP contribution in [-0.4, -0.2) is 37.9 Å². The molecule has 0 aliphatic carbocycles. The molecule has 0 saturated carbocycles. The zero-order valence-electron chi connectivity index (χ0n) is 11.1. The number of hydrogen-bond acceptors (Lipinski definition) is 3. The molecular weight excluding hydrogens is 266 g/mol. The standard InChI is InChI=1S/C14H18ClNO3/c1-3-19-9-8-16(2)13-10-12(15)6-4-11(13)5-7-14(17)18/h4-7,10H,3,8-9H2,1-2H3,(H,17,18)/b7-5+. The summed E-state index contributed by atoms with van der Waals surface area (Å²) >= 11 is 5.99. The lowest BCUT2D eigenvalue weighted by atomic mass is 10.1. The molecule has 19 heavy (non-hydrogen) atoms. The van der Waals surface area contributed by atoms with Gasteiger partial charge in [-0.15, -0.1) is 0 Å². The van der Waals surface area contributed by atoms with E-state index in [0.717, 1.165) is 17.3 Å². The van der Waals surface area contributed by atoms with Gasteiger partial charge in [0.15, 0.2) is 0 Å². The van der Waals surface area contributed by atoms with E-state index in [0.29, 0.717) is 24.8 Å². The van der Waals surface area contributed by atoms with Gasteiger partial charge in [-0.2, -0.15) is 0 Å². The monoisotopic (exact) mass is 283 g/mol. The highest BCUT2D eigenvalue weighted by molar-refractivity contribution is 6.31. The van der Waals surface area contributed by atoms with E-state index in [4.69, 9.17) is 21.4 Å². The number of nitrogens with zero attached hydrogens (tertiary/aromatic N) is 1. The summed E-state index contributed by atoms with van der Waals surface area (Å²) in [4.78, 5) is 12.6. The number of carbonyl (C=O) groups is 1. The SMILES string of the molecule is CCOCCN(C)c1cc(Cl)ccc1/C=C/C(=O)O. The molecule has 1 aromatic carbocycles. The fourth-order valence-corrected chi connectivity index (χ4v) is 1.78. The van der Waals surface area contributed by atoms with Crippen LogP contribution in [0.15, 0.2) is 24.3 Å². The van der Waals surface area contributed by atoms with Crippen LogP contribution in [0.4, 0.5) is 5.69 Å². The number of rotatable bonds is 7. The molecule has 0 aromatic heterocycles. The number of halogens is 1. The van der Waals surface area contributed by atoms with Crippen molar-refractivity contribution in [3.05, 3.63) is 34.9 Å². The molecule has 0 atom stereocenters. The Hall–Kier alpha value is -1.52. The van der Waals surface area contributed by atoms with Crippen molar-refractivity contribution >= 4 is 29.3 Å². The van der Waals surface area contributed by atoms with Gasteiger partial charge in [0, 0.05) is 37.0 Å². The summed E-state index contributed by atoms with van der Waals surface area (Å²) in [7, 11) is 1.92. The molecule has 104 valence electrons. The number of aliphatic carboxylic acids is 1. The number of hydrogen-bond donors (Lipinski definition) is 1. The van der Waals surface area contributed by atoms with E-state index >= 15 is 0 Å². The van der Waals surface area contributed by atoms with Crippen molar-refractivity contribution in [1.82, 2.24) is 0 Å². The Labute approximate surface area is 118 Å². The molecule has 0 unspecified atom stereocenters. The quantitative estimate of drug-likeness (QED) is 0.617. The Morgan fingerprint density at radius 1 is 1.53 bits per heavy atom. The largest absolute Gasteiger partial charge is 0.478 e. The molecule has 0 radical (unpaired) electrons. The molecule has 0 aliphatic rings. The van der Waals surface area contributed by atoms with Crippen LogP contribution in [-0.2, 0) is 9.53 Å². The number of carboxylic acids is 1. The lowest BCUT2D eigenvalue weighted by molar-refractivity contribution is -0.131. The van der Waals surface area contributed by atoms with Crippen molar-refractivity contribution in [3.63, 3.8) is 0 Å². The van der Waals surface area contributed by atoms with Gasteiger partial charge in [-0.05, 0) is 30.7 Å². The summed E-state index contributed by atoms with van der Waals surface area (Å²) in [6.07, 6.45) is 2.67. The molecule has 0 bridgehead atoms. The Morgan fingerprint density at radius 3 is 2.89 bits per heavy atom. The summed E-state index contributed by atoms with van der Waals surface area (Å²) in [5.74, 6) is -0.974. The maximum absolute atomic E-state index is 10.6. The Kier molecular flexibility index (Phi) is 6.39. The highest BCUT2D eigenvalue weighted by atomic mass is 35.5. The van der Waals surface area contributed by atoms with Crippen LogP contribution >= 0.6 is 11.6 Å². The van der Waals surface area contributed by atoms with Crippen molar-refractivity contribution in [1.29, 1.82) is 0 Å². The molecule has 0 amide bonds. The second-order valence-electron chi connectivity index (χ2n) is 3.99. The molecule has 1 rings (SSSR count). The predicted octanol–water partition coefficient (Wildman–Crippen LogP) is 2.91. The van der Waals surface area contributed by atoms with E-state index in [1.807, 2.05) is 24.9 Å². The smallest absolute Gasteiger partial charge is 0.328 e. The maximum atomic E-state index is 10.6. The van der Waals surface area contributed by atoms with E-state index in [1.165, 1.54) is 0 Å². The molecule has 0 saturated heterocycles. The number of likely N-dealkylation sites (N-methyl/N-ethyl adjacent to an activating group) is 1. The van der Waals surface area contributed by atoms with Crippen LogP contribution in [0.1, 0.15) is 12.5 Å². The first-order valence-corrected chi connectivity index (χ1v) is 6.41. The third-order valence-corrected chi connectivity index (χ3v) is 2.82. The van der Waals surface area contributed by atoms with Gasteiger partial charge in [0.05, 0.1) is 6.61 Å². The van der Waals surface area contributed by atoms with Crippen molar-refractivity contribution in [2.75, 3.05) is 31.7 Å². The van der Waals surface area contributed by atoms with Gasteiger partial charge in [-0.25, -0.2) is 4.79 Å². The predicted molar refractivity (Wildman–Crippen MR) is 77.9 cm³/mol. The molecule has 0 spiro atoms. The van der Waals surface area contributed by atoms with Crippen molar-refractivity contribution in [3.8, 4) is 0 Å². The Morgan fingerprint density at radius 2 is 2.26 bits per heavy atom. The fourth-order valence-electron chi connectivity index (χ4n) is 1.62. The van der Waals surface area contributed by atoms with E-state index in [1.54, 1.807) is 18.2 Å². The molecular formula is C14H18ClNO3. The first-order valence-electron chi connectivity index (χ1n) is 6.04. The summed E-state index contributed by atoms with van der Waals surface area (Å²) in [6.45, 7) is 3.94. The number of carboxylic acid groups (broad SMARTS) is 1. The second kappa shape index (κ2) is 7.81. The molecule has 4 nitrogen and oxygen atoms in total. The van der Waals surface area contributed by atoms with Crippen molar-refractivity contribution < 1.29 is 14.6 Å². The van der Waals surface area contributed by atoms with Crippen LogP contribution in [0, 0.1) is 0 Å². The molecule has 5 heteroatoms. The summed E-state index contributed by atoms with van der Waals surface area (Å²) in [6, 6.07) is 5.35. The minimum atomic E-state index is -0.974. The number of benzene rings is 1. The topological polar surface area (TPSA) is 49.8 Å². The lowest BCUT2D eigenvalue weighted by Crippen LogP contribution is -2.23. The van der Waals surface area contributed by atoms with E-state index in [9.17, 15) is 4.79 Å². The van der Waals surface area contributed by atoms with Crippen molar-refractivity contribution in [2.45, 2.75) is 6.92 Å². The van der Waals surface area contributed by atoms with Gasteiger partial charge in [0.25, 0.3) is 0 Å². The summed E-state index contributed by atoms with van der Waals surface area (Å²) in [5, 5.41) is 9.30. The third-order valence-electron chi connectivity index (χ3n) is 2.58. The van der Waals surface area contributed by atoms with Crippen LogP contribution in [0.3, 0.4) is 0 Å². The third kappa shape index (κ3) is 5.32. The van der Waals surface area contributed by atoms with E-state index in [2.05, 4.69) is 0 Å². The Balaban J connectivity index is 2.89. The van der Waals surface area contributed by atoms with E-state index < -0.39 is 5.97 Å². The van der Waals surface area contributed by atoms with Crippen LogP contribution < -0.4 is 4.90 Å². The number of ether oxygens (including phenoxy) is 1. The number of anilines is 1. The normalized spacial score (nSPS) is 10.9. The van der Waals surface area contributed by atoms with Gasteiger partial charge < -0.3 is 14.7 Å². The van der Waals surface area contributed by atoms with Crippen molar-refractivity contribution in [2.24, 2.45) is 0 Å². The lowest BCUT2D eigenvalue weighted by Gasteiger charge is -2.21. The van der Waals surface area contributed by atoms with Gasteiger partial charge >= 0.3 is 5.97 Å². The van der Waals surface area contributed by atoms with Crippen LogP contribution in [0.2, 0.25) is 5.02 Å². The van der Waals surface area contributed by atoms with E-state index in [-0.39, 0.29) is 0 Å². The zero-order chi connectivity index (χ0) is 14.3. The van der Waals surface area contributed by atoms with Gasteiger partial charge in [-0.3, -0.25) is 0 Å². The molecule has 1 N–H and O–H groups in total. The average molecular weight is 284 g/mol. The fraction of sp³-hybridized carbons (Fsp3) is 0.357. The highest BCUT2D eigenvalue weighted by Crippen LogP contribution is 2.25. The van der Waals surface area contributed by atoms with Gasteiger partial charge in [0.1, 0.15) is 0 Å². The average Bonchev–Trinajstić information content (AvgIpc) is 2.37. The van der Waals surface area contributed by atoms with Gasteiger partial charge in [-0.1, -0.05) is 17.7 Å². The van der Waals surface area contributed by atoms with Crippen LogP contribution in [0.25, 0.3) is 6.08 Å². The minimum Gasteiger partial charge on any atom is -0.478 e. The van der Waals surface area contributed by atoms with Crippen LogP contribution in [0.5, 0.6) is 0 Å². The maximum Gasteiger partial charge on any atom is 0.328 e. The molecule has 1 aromatic rings. The Bertz CT molecular complexity index is 460. The molecule has 0 aliphatic heterocycles. The van der Waals surface area contributed by atoms with Gasteiger partial charge in [0.2, 0.25) is 0 Å². The first kappa shape index (κ1) is 15.5.